The third kappa shape index (κ3) is 3.04. The predicted octanol–water partition coefficient (Wildman–Crippen LogP) is 1.74. The molecule has 5 nitrogen and oxygen atoms in total. The summed E-state index contributed by atoms with van der Waals surface area (Å²) in [6.45, 7) is 1.90. The van der Waals surface area contributed by atoms with Crippen molar-refractivity contribution < 1.29 is 9.53 Å². The van der Waals surface area contributed by atoms with Crippen LogP contribution in [0.1, 0.15) is 0 Å². The monoisotopic (exact) mass is 289 g/mol. The van der Waals surface area contributed by atoms with Crippen molar-refractivity contribution in [3.8, 4) is 10.4 Å². The first-order valence-electron chi connectivity index (χ1n) is 6.47. The van der Waals surface area contributed by atoms with E-state index >= 15 is 0 Å². The second-order valence-electron chi connectivity index (χ2n) is 4.45. The molecule has 1 aromatic heterocycles. The van der Waals surface area contributed by atoms with Crippen LogP contribution < -0.4 is 10.6 Å². The maximum absolute atomic E-state index is 12.0. The van der Waals surface area contributed by atoms with Crippen molar-refractivity contribution in [1.29, 1.82) is 0 Å². The van der Waals surface area contributed by atoms with Crippen LogP contribution in [0.5, 0.6) is 0 Å². The number of nitrogens with zero attached hydrogens (tertiary/aromatic N) is 1. The first-order valence-corrected chi connectivity index (χ1v) is 7.29. The summed E-state index contributed by atoms with van der Waals surface area (Å²) in [5, 5.41) is 6.54. The van der Waals surface area contributed by atoms with Gasteiger partial charge in [0.25, 0.3) is 5.91 Å². The zero-order valence-electron chi connectivity index (χ0n) is 10.8. The molecule has 0 bridgehead atoms. The lowest BCUT2D eigenvalue weighted by Crippen LogP contribution is -2.45. The summed E-state index contributed by atoms with van der Waals surface area (Å²) in [6, 6.07) is 9.98. The lowest BCUT2D eigenvalue weighted by Gasteiger charge is -2.22. The largest absolute Gasteiger partial charge is 0.366 e. The van der Waals surface area contributed by atoms with E-state index in [1.165, 1.54) is 11.3 Å². The first kappa shape index (κ1) is 13.2. The van der Waals surface area contributed by atoms with E-state index in [4.69, 9.17) is 4.74 Å². The van der Waals surface area contributed by atoms with Crippen molar-refractivity contribution in [2.75, 3.05) is 25.0 Å². The van der Waals surface area contributed by atoms with E-state index in [1.807, 2.05) is 30.3 Å². The molecule has 20 heavy (non-hydrogen) atoms. The highest BCUT2D eigenvalue weighted by atomic mass is 32.1. The second-order valence-corrected chi connectivity index (χ2v) is 5.48. The number of carbonyl (C=O) groups excluding carboxylic acids is 1. The first-order chi connectivity index (χ1) is 9.83. The Labute approximate surface area is 121 Å². The highest BCUT2D eigenvalue weighted by molar-refractivity contribution is 7.19. The number of carbonyl (C=O) groups is 1. The van der Waals surface area contributed by atoms with Crippen molar-refractivity contribution >= 4 is 22.4 Å². The van der Waals surface area contributed by atoms with Crippen LogP contribution in [-0.2, 0) is 9.53 Å². The molecule has 0 radical (unpaired) electrons. The number of nitrogens with one attached hydrogen (secondary N) is 2. The van der Waals surface area contributed by atoms with Crippen LogP contribution in [-0.4, -0.2) is 36.7 Å². The van der Waals surface area contributed by atoms with Crippen molar-refractivity contribution in [2.24, 2.45) is 0 Å². The molecule has 2 heterocycles. The zero-order chi connectivity index (χ0) is 13.8. The third-order valence-corrected chi connectivity index (χ3v) is 3.98. The SMILES string of the molecule is O=C(Nc1ncc(-c2ccccc2)s1)C1CNCCO1. The smallest absolute Gasteiger partial charge is 0.256 e. The summed E-state index contributed by atoms with van der Waals surface area (Å²) < 4.78 is 5.41. The summed E-state index contributed by atoms with van der Waals surface area (Å²) in [5.41, 5.74) is 1.10. The van der Waals surface area contributed by atoms with Gasteiger partial charge in [-0.25, -0.2) is 4.98 Å². The van der Waals surface area contributed by atoms with Gasteiger partial charge in [0.15, 0.2) is 5.13 Å². The number of rotatable bonds is 3. The van der Waals surface area contributed by atoms with Gasteiger partial charge in [-0.1, -0.05) is 41.7 Å². The molecule has 1 aliphatic heterocycles. The predicted molar refractivity (Wildman–Crippen MR) is 78.8 cm³/mol. The van der Waals surface area contributed by atoms with Gasteiger partial charge < -0.3 is 10.1 Å². The molecule has 2 aromatic rings. The fourth-order valence-electron chi connectivity index (χ4n) is 1.99. The van der Waals surface area contributed by atoms with Gasteiger partial charge in [-0.15, -0.1) is 0 Å². The number of aromatic nitrogens is 1. The standard InChI is InChI=1S/C14H15N3O2S/c18-13(11-8-15-6-7-19-11)17-14-16-9-12(20-14)10-4-2-1-3-5-10/h1-5,9,11,15H,6-8H2,(H,16,17,18). The van der Waals surface area contributed by atoms with Crippen LogP contribution in [0.15, 0.2) is 36.5 Å². The molecule has 2 N–H and O–H groups in total. The average molecular weight is 289 g/mol. The molecule has 1 fully saturated rings. The number of ether oxygens (including phenoxy) is 1. The average Bonchev–Trinajstić information content (AvgIpc) is 2.97. The van der Waals surface area contributed by atoms with E-state index in [2.05, 4.69) is 15.6 Å². The minimum Gasteiger partial charge on any atom is -0.366 e. The number of hydrogen-bond donors (Lipinski definition) is 2. The quantitative estimate of drug-likeness (QED) is 0.903. The Morgan fingerprint density at radius 3 is 3.00 bits per heavy atom. The Morgan fingerprint density at radius 2 is 2.25 bits per heavy atom. The van der Waals surface area contributed by atoms with E-state index < -0.39 is 6.10 Å². The van der Waals surface area contributed by atoms with Crippen molar-refractivity contribution in [1.82, 2.24) is 10.3 Å². The molecule has 0 saturated carbocycles. The van der Waals surface area contributed by atoms with Crippen molar-refractivity contribution in [3.63, 3.8) is 0 Å². The summed E-state index contributed by atoms with van der Waals surface area (Å²) in [5.74, 6) is -0.147. The van der Waals surface area contributed by atoms with Gasteiger partial charge in [-0.05, 0) is 5.56 Å². The third-order valence-electron chi connectivity index (χ3n) is 3.01. The van der Waals surface area contributed by atoms with Gasteiger partial charge in [-0.3, -0.25) is 10.1 Å². The number of anilines is 1. The van der Waals surface area contributed by atoms with E-state index in [0.29, 0.717) is 18.3 Å². The van der Waals surface area contributed by atoms with E-state index in [-0.39, 0.29) is 5.91 Å². The molecule has 1 saturated heterocycles. The van der Waals surface area contributed by atoms with Crippen LogP contribution >= 0.6 is 11.3 Å². The number of hydrogen-bond acceptors (Lipinski definition) is 5. The molecule has 0 aliphatic carbocycles. The number of morpholine rings is 1. The molecule has 1 amide bonds. The lowest BCUT2D eigenvalue weighted by molar-refractivity contribution is -0.128. The van der Waals surface area contributed by atoms with Crippen molar-refractivity contribution in [3.05, 3.63) is 36.5 Å². The van der Waals surface area contributed by atoms with Crippen molar-refractivity contribution in [2.45, 2.75) is 6.10 Å². The zero-order valence-corrected chi connectivity index (χ0v) is 11.7. The normalized spacial score (nSPS) is 18.7. The number of thiazole rings is 1. The minimum absolute atomic E-state index is 0.147. The summed E-state index contributed by atoms with van der Waals surface area (Å²) in [4.78, 5) is 17.3. The molecular formula is C14H15N3O2S. The maximum atomic E-state index is 12.0. The Hall–Kier alpha value is -1.76. The van der Waals surface area contributed by atoms with Gasteiger partial charge in [0.1, 0.15) is 6.10 Å². The van der Waals surface area contributed by atoms with E-state index in [9.17, 15) is 4.79 Å². The fraction of sp³-hybridized carbons (Fsp3) is 0.286. The maximum Gasteiger partial charge on any atom is 0.256 e. The Morgan fingerprint density at radius 1 is 1.40 bits per heavy atom. The Kier molecular flexibility index (Phi) is 4.05. The topological polar surface area (TPSA) is 63.2 Å². The number of amides is 1. The van der Waals surface area contributed by atoms with E-state index in [0.717, 1.165) is 17.0 Å². The molecular weight excluding hydrogens is 274 g/mol. The van der Waals surface area contributed by atoms with Gasteiger partial charge in [0.05, 0.1) is 11.5 Å². The van der Waals surface area contributed by atoms with Crippen LogP contribution in [0.2, 0.25) is 0 Å². The molecule has 3 rings (SSSR count). The molecule has 1 unspecified atom stereocenters. The van der Waals surface area contributed by atoms with E-state index in [1.54, 1.807) is 6.20 Å². The van der Waals surface area contributed by atoms with Crippen LogP contribution in [0.25, 0.3) is 10.4 Å². The molecule has 104 valence electrons. The van der Waals surface area contributed by atoms with Gasteiger partial charge >= 0.3 is 0 Å². The van der Waals surface area contributed by atoms with Gasteiger partial charge in [0.2, 0.25) is 0 Å². The Balaban J connectivity index is 1.66. The summed E-state index contributed by atoms with van der Waals surface area (Å²) in [7, 11) is 0. The molecule has 6 heteroatoms. The molecule has 1 aliphatic rings. The summed E-state index contributed by atoms with van der Waals surface area (Å²) in [6.07, 6.45) is 1.34. The second kappa shape index (κ2) is 6.13. The van der Waals surface area contributed by atoms with Gasteiger partial charge in [0, 0.05) is 19.3 Å². The molecule has 0 spiro atoms. The highest BCUT2D eigenvalue weighted by Crippen LogP contribution is 2.28. The molecule has 1 atom stereocenters. The van der Waals surface area contributed by atoms with Crippen LogP contribution in [0.4, 0.5) is 5.13 Å². The fourth-order valence-corrected chi connectivity index (χ4v) is 2.81. The van der Waals surface area contributed by atoms with Crippen LogP contribution in [0.3, 0.4) is 0 Å². The summed E-state index contributed by atoms with van der Waals surface area (Å²) >= 11 is 1.46. The highest BCUT2D eigenvalue weighted by Gasteiger charge is 2.22. The lowest BCUT2D eigenvalue weighted by atomic mass is 10.2. The van der Waals surface area contributed by atoms with Gasteiger partial charge in [-0.2, -0.15) is 0 Å². The minimum atomic E-state index is -0.437. The molecule has 1 aromatic carbocycles. The Bertz CT molecular complexity index is 579. The number of benzene rings is 1. The van der Waals surface area contributed by atoms with Crippen LogP contribution in [0, 0.1) is 0 Å².